The third-order valence-corrected chi connectivity index (χ3v) is 3.78. The van der Waals surface area contributed by atoms with Crippen molar-refractivity contribution >= 4 is 22.6 Å². The predicted octanol–water partition coefficient (Wildman–Crippen LogP) is 3.99. The van der Waals surface area contributed by atoms with Gasteiger partial charge in [0.1, 0.15) is 6.07 Å². The molecule has 3 rings (SSSR count). The molecular formula is C20H15F2N3O3. The second-order valence-corrected chi connectivity index (χ2v) is 5.62. The van der Waals surface area contributed by atoms with E-state index in [4.69, 9.17) is 4.74 Å². The number of hydrogen-bond acceptors (Lipinski definition) is 5. The van der Waals surface area contributed by atoms with Crippen LogP contribution >= 0.6 is 0 Å². The zero-order chi connectivity index (χ0) is 20.1. The Balaban J connectivity index is 2.04. The number of fused-ring (bicyclic) bond motifs is 1. The Hall–Kier alpha value is -3.73. The van der Waals surface area contributed by atoms with Crippen molar-refractivity contribution in [3.63, 3.8) is 0 Å². The number of allylic oxidation sites excluding steroid dienone is 1. The maximum Gasteiger partial charge on any atom is 0.387 e. The maximum atomic E-state index is 12.5. The van der Waals surface area contributed by atoms with E-state index in [1.807, 2.05) is 6.07 Å². The molecule has 0 fully saturated rings. The first-order valence-electron chi connectivity index (χ1n) is 8.34. The SMILES string of the molecule is CCOc1cc(C=C(C#N)c2nc3ccccc3c(=O)[nH]2)ccc1OC(F)F. The molecule has 28 heavy (non-hydrogen) atoms. The summed E-state index contributed by atoms with van der Waals surface area (Å²) in [5.74, 6) is 0.121. The van der Waals surface area contributed by atoms with E-state index in [-0.39, 0.29) is 35.1 Å². The predicted molar refractivity (Wildman–Crippen MR) is 100 cm³/mol. The monoisotopic (exact) mass is 383 g/mol. The number of alkyl halides is 2. The van der Waals surface area contributed by atoms with Crippen molar-refractivity contribution in [2.75, 3.05) is 6.61 Å². The number of aromatic nitrogens is 2. The van der Waals surface area contributed by atoms with Crippen molar-refractivity contribution in [1.29, 1.82) is 5.26 Å². The van der Waals surface area contributed by atoms with Gasteiger partial charge in [-0.2, -0.15) is 14.0 Å². The van der Waals surface area contributed by atoms with E-state index in [0.717, 1.165) is 0 Å². The fourth-order valence-electron chi connectivity index (χ4n) is 2.61. The smallest absolute Gasteiger partial charge is 0.387 e. The molecule has 142 valence electrons. The Morgan fingerprint density at radius 1 is 1.29 bits per heavy atom. The lowest BCUT2D eigenvalue weighted by Crippen LogP contribution is -2.11. The Labute approximate surface area is 158 Å². The number of benzene rings is 2. The highest BCUT2D eigenvalue weighted by Crippen LogP contribution is 2.31. The van der Waals surface area contributed by atoms with Gasteiger partial charge in [-0.1, -0.05) is 18.2 Å². The quantitative estimate of drug-likeness (QED) is 0.651. The van der Waals surface area contributed by atoms with E-state index in [0.29, 0.717) is 16.5 Å². The number of ether oxygens (including phenoxy) is 2. The Bertz CT molecular complexity index is 1130. The van der Waals surface area contributed by atoms with Gasteiger partial charge >= 0.3 is 6.61 Å². The molecule has 0 saturated heterocycles. The first-order valence-corrected chi connectivity index (χ1v) is 8.34. The van der Waals surface area contributed by atoms with Gasteiger partial charge in [0.05, 0.1) is 23.1 Å². The Morgan fingerprint density at radius 2 is 2.07 bits per heavy atom. The average molecular weight is 383 g/mol. The minimum atomic E-state index is -2.98. The van der Waals surface area contributed by atoms with E-state index in [9.17, 15) is 18.8 Å². The van der Waals surface area contributed by atoms with Gasteiger partial charge in [0.25, 0.3) is 5.56 Å². The van der Waals surface area contributed by atoms with Crippen molar-refractivity contribution in [3.05, 3.63) is 64.2 Å². The number of nitrogens with one attached hydrogen (secondary N) is 1. The molecule has 1 N–H and O–H groups in total. The summed E-state index contributed by atoms with van der Waals surface area (Å²) in [6.07, 6.45) is 1.47. The van der Waals surface area contributed by atoms with Crippen LogP contribution in [0.25, 0.3) is 22.6 Å². The first kappa shape index (κ1) is 19.0. The maximum absolute atomic E-state index is 12.5. The molecule has 0 atom stereocenters. The summed E-state index contributed by atoms with van der Waals surface area (Å²) in [6, 6.07) is 13.1. The molecule has 0 aliphatic rings. The lowest BCUT2D eigenvalue weighted by atomic mass is 10.1. The number of nitrogens with zero attached hydrogens (tertiary/aromatic N) is 2. The normalized spacial score (nSPS) is 11.5. The minimum absolute atomic E-state index is 0.104. The number of rotatable bonds is 6. The highest BCUT2D eigenvalue weighted by molar-refractivity contribution is 5.89. The van der Waals surface area contributed by atoms with Gasteiger partial charge in [-0.15, -0.1) is 0 Å². The van der Waals surface area contributed by atoms with Crippen LogP contribution in [0.2, 0.25) is 0 Å². The number of nitriles is 1. The van der Waals surface area contributed by atoms with Gasteiger partial charge in [-0.3, -0.25) is 4.79 Å². The highest BCUT2D eigenvalue weighted by Gasteiger charge is 2.13. The third-order valence-electron chi connectivity index (χ3n) is 3.78. The van der Waals surface area contributed by atoms with E-state index in [1.165, 1.54) is 24.3 Å². The fraction of sp³-hybridized carbons (Fsp3) is 0.150. The van der Waals surface area contributed by atoms with Crippen LogP contribution in [0, 0.1) is 11.3 Å². The summed E-state index contributed by atoms with van der Waals surface area (Å²) < 4.78 is 34.8. The molecule has 0 aliphatic carbocycles. The number of halogens is 2. The van der Waals surface area contributed by atoms with Gasteiger partial charge in [0, 0.05) is 0 Å². The van der Waals surface area contributed by atoms with Crippen molar-refractivity contribution < 1.29 is 18.3 Å². The highest BCUT2D eigenvalue weighted by atomic mass is 19.3. The summed E-state index contributed by atoms with van der Waals surface area (Å²) in [7, 11) is 0. The molecule has 2 aromatic carbocycles. The van der Waals surface area contributed by atoms with Crippen LogP contribution in [-0.4, -0.2) is 23.2 Å². The van der Waals surface area contributed by atoms with Crippen LogP contribution in [0.1, 0.15) is 18.3 Å². The molecule has 0 radical (unpaired) electrons. The standard InChI is InChI=1S/C20H15F2N3O3/c1-2-27-17-10-12(7-8-16(17)28-20(21)22)9-13(11-23)18-24-15-6-4-3-5-14(15)19(26)25-18/h3-10,20H,2H2,1H3,(H,24,25,26). The van der Waals surface area contributed by atoms with Crippen molar-refractivity contribution in [3.8, 4) is 17.6 Å². The molecule has 0 unspecified atom stereocenters. The van der Waals surface area contributed by atoms with Gasteiger partial charge in [-0.05, 0) is 42.8 Å². The fourth-order valence-corrected chi connectivity index (χ4v) is 2.61. The number of H-pyrrole nitrogens is 1. The summed E-state index contributed by atoms with van der Waals surface area (Å²) in [5, 5.41) is 9.93. The van der Waals surface area contributed by atoms with Crippen LogP contribution in [0.4, 0.5) is 8.78 Å². The third kappa shape index (κ3) is 4.15. The molecule has 0 saturated carbocycles. The summed E-state index contributed by atoms with van der Waals surface area (Å²) in [6.45, 7) is -1.03. The average Bonchev–Trinajstić information content (AvgIpc) is 2.68. The van der Waals surface area contributed by atoms with Crippen molar-refractivity contribution in [2.45, 2.75) is 13.5 Å². The molecule has 8 heteroatoms. The van der Waals surface area contributed by atoms with Crippen LogP contribution in [0.15, 0.2) is 47.3 Å². The molecule has 0 aliphatic heterocycles. The summed E-state index contributed by atoms with van der Waals surface area (Å²) in [4.78, 5) is 19.1. The van der Waals surface area contributed by atoms with E-state index >= 15 is 0 Å². The number of para-hydroxylation sites is 1. The molecule has 6 nitrogen and oxygen atoms in total. The summed E-state index contributed by atoms with van der Waals surface area (Å²) >= 11 is 0. The first-order chi connectivity index (χ1) is 13.5. The van der Waals surface area contributed by atoms with Gasteiger partial charge < -0.3 is 14.5 Å². The Morgan fingerprint density at radius 3 is 2.79 bits per heavy atom. The summed E-state index contributed by atoms with van der Waals surface area (Å²) in [5.41, 5.74) is 0.695. The van der Waals surface area contributed by atoms with Crippen LogP contribution in [-0.2, 0) is 0 Å². The van der Waals surface area contributed by atoms with E-state index in [1.54, 1.807) is 31.2 Å². The topological polar surface area (TPSA) is 88.0 Å². The molecule has 0 amide bonds. The molecular weight excluding hydrogens is 368 g/mol. The number of aromatic amines is 1. The van der Waals surface area contributed by atoms with Gasteiger partial charge in [0.15, 0.2) is 17.3 Å². The minimum Gasteiger partial charge on any atom is -0.490 e. The van der Waals surface area contributed by atoms with Crippen LogP contribution < -0.4 is 15.0 Å². The largest absolute Gasteiger partial charge is 0.490 e. The molecule has 3 aromatic rings. The van der Waals surface area contributed by atoms with Gasteiger partial charge in [-0.25, -0.2) is 4.98 Å². The van der Waals surface area contributed by atoms with E-state index < -0.39 is 6.61 Å². The Kier molecular flexibility index (Phi) is 5.65. The zero-order valence-corrected chi connectivity index (χ0v) is 14.8. The molecule has 0 bridgehead atoms. The number of hydrogen-bond donors (Lipinski definition) is 1. The van der Waals surface area contributed by atoms with Crippen molar-refractivity contribution in [2.24, 2.45) is 0 Å². The molecule has 0 spiro atoms. The van der Waals surface area contributed by atoms with Gasteiger partial charge in [0.2, 0.25) is 0 Å². The van der Waals surface area contributed by atoms with Crippen LogP contribution in [0.3, 0.4) is 0 Å². The second-order valence-electron chi connectivity index (χ2n) is 5.62. The second kappa shape index (κ2) is 8.31. The molecule has 1 heterocycles. The zero-order valence-electron chi connectivity index (χ0n) is 14.8. The molecule has 1 aromatic heterocycles. The lowest BCUT2D eigenvalue weighted by Gasteiger charge is -2.12. The van der Waals surface area contributed by atoms with Crippen molar-refractivity contribution in [1.82, 2.24) is 9.97 Å². The van der Waals surface area contributed by atoms with Crippen LogP contribution in [0.5, 0.6) is 11.5 Å². The van der Waals surface area contributed by atoms with E-state index in [2.05, 4.69) is 14.7 Å². The lowest BCUT2D eigenvalue weighted by molar-refractivity contribution is -0.0514.